The molecule has 0 aromatic rings. The van der Waals surface area contributed by atoms with E-state index in [1.165, 1.54) is 0 Å². The van der Waals surface area contributed by atoms with Crippen molar-refractivity contribution in [3.63, 3.8) is 0 Å². The topological polar surface area (TPSA) is 90.2 Å². The SMILES string of the molecule is CCCCC1([Si](C)C)O[C@H](CO)[C@@H](O)[C@H](O)[C@H]1O. The molecule has 0 saturated carbocycles. The lowest BCUT2D eigenvalue weighted by Gasteiger charge is -2.51. The van der Waals surface area contributed by atoms with Crippen molar-refractivity contribution in [1.82, 2.24) is 0 Å². The van der Waals surface area contributed by atoms with Gasteiger partial charge in [0.1, 0.15) is 24.4 Å². The molecule has 1 aliphatic rings. The van der Waals surface area contributed by atoms with Crippen LogP contribution in [0.25, 0.3) is 0 Å². The first-order valence-electron chi connectivity index (χ1n) is 6.54. The molecule has 1 heterocycles. The molecule has 5 atom stereocenters. The van der Waals surface area contributed by atoms with Crippen LogP contribution in [0.15, 0.2) is 0 Å². The molecule has 5 nitrogen and oxygen atoms in total. The summed E-state index contributed by atoms with van der Waals surface area (Å²) in [7, 11) is -1.07. The van der Waals surface area contributed by atoms with Gasteiger partial charge in [-0.05, 0) is 6.42 Å². The van der Waals surface area contributed by atoms with Crippen molar-refractivity contribution in [2.24, 2.45) is 0 Å². The molecule has 0 aromatic carbocycles. The Morgan fingerprint density at radius 1 is 1.17 bits per heavy atom. The summed E-state index contributed by atoms with van der Waals surface area (Å²) in [5, 5.41) is 38.4. The lowest BCUT2D eigenvalue weighted by molar-refractivity contribution is -0.249. The molecule has 1 radical (unpaired) electrons. The Hall–Kier alpha value is 0.0169. The van der Waals surface area contributed by atoms with Crippen molar-refractivity contribution < 1.29 is 25.2 Å². The van der Waals surface area contributed by atoms with E-state index in [0.717, 1.165) is 12.8 Å². The highest BCUT2D eigenvalue weighted by molar-refractivity contribution is 6.59. The maximum atomic E-state index is 10.3. The maximum absolute atomic E-state index is 10.3. The van der Waals surface area contributed by atoms with Gasteiger partial charge in [-0.1, -0.05) is 32.9 Å². The Labute approximate surface area is 110 Å². The third-order valence-electron chi connectivity index (χ3n) is 3.82. The van der Waals surface area contributed by atoms with Crippen LogP contribution in [-0.2, 0) is 4.74 Å². The molecule has 107 valence electrons. The van der Waals surface area contributed by atoms with Gasteiger partial charge in [-0.25, -0.2) is 0 Å². The molecule has 0 aliphatic carbocycles. The molecule has 0 bridgehead atoms. The Morgan fingerprint density at radius 3 is 2.22 bits per heavy atom. The van der Waals surface area contributed by atoms with E-state index >= 15 is 0 Å². The normalized spacial score (nSPS) is 41.3. The smallest absolute Gasteiger partial charge is 0.111 e. The van der Waals surface area contributed by atoms with Crippen molar-refractivity contribution in [2.45, 2.75) is 68.9 Å². The van der Waals surface area contributed by atoms with E-state index in [1.807, 2.05) is 13.1 Å². The molecule has 1 fully saturated rings. The number of hydrogen-bond acceptors (Lipinski definition) is 5. The average molecular weight is 277 g/mol. The largest absolute Gasteiger partial charge is 0.394 e. The second kappa shape index (κ2) is 6.45. The van der Waals surface area contributed by atoms with E-state index in [4.69, 9.17) is 4.74 Å². The van der Waals surface area contributed by atoms with Crippen LogP contribution in [0.5, 0.6) is 0 Å². The summed E-state index contributed by atoms with van der Waals surface area (Å²) in [5.74, 6) is 0. The van der Waals surface area contributed by atoms with Crippen LogP contribution in [0, 0.1) is 0 Å². The predicted molar refractivity (Wildman–Crippen MR) is 69.7 cm³/mol. The lowest BCUT2D eigenvalue weighted by atomic mass is 9.91. The highest BCUT2D eigenvalue weighted by Gasteiger charge is 2.54. The van der Waals surface area contributed by atoms with E-state index in [0.29, 0.717) is 6.42 Å². The van der Waals surface area contributed by atoms with Crippen molar-refractivity contribution in [3.8, 4) is 0 Å². The minimum absolute atomic E-state index is 0.353. The number of rotatable bonds is 5. The van der Waals surface area contributed by atoms with E-state index < -0.39 is 38.4 Å². The standard InChI is InChI=1S/C12H25O5Si/c1-4-5-6-12(18(2)3)11(16)10(15)9(14)8(7-13)17-12/h8-11,13-16H,4-7H2,1-3H3/t8-,9-,10+,11-,12?/m1/s1. The van der Waals surface area contributed by atoms with Gasteiger partial charge in [0.2, 0.25) is 0 Å². The average Bonchev–Trinajstić information content (AvgIpc) is 2.35. The van der Waals surface area contributed by atoms with Crippen LogP contribution in [0.2, 0.25) is 13.1 Å². The van der Waals surface area contributed by atoms with Gasteiger partial charge in [0.05, 0.1) is 20.6 Å². The van der Waals surface area contributed by atoms with Gasteiger partial charge in [0.15, 0.2) is 0 Å². The summed E-state index contributed by atoms with van der Waals surface area (Å²) >= 11 is 0. The molecular weight excluding hydrogens is 252 g/mol. The van der Waals surface area contributed by atoms with E-state index in [2.05, 4.69) is 6.92 Å². The molecule has 0 spiro atoms. The molecule has 18 heavy (non-hydrogen) atoms. The zero-order chi connectivity index (χ0) is 13.9. The van der Waals surface area contributed by atoms with Gasteiger partial charge in [0, 0.05) is 0 Å². The van der Waals surface area contributed by atoms with Crippen LogP contribution in [0.1, 0.15) is 26.2 Å². The Morgan fingerprint density at radius 2 is 1.78 bits per heavy atom. The van der Waals surface area contributed by atoms with Crippen molar-refractivity contribution in [3.05, 3.63) is 0 Å². The van der Waals surface area contributed by atoms with E-state index in [9.17, 15) is 20.4 Å². The first kappa shape index (κ1) is 16.1. The maximum Gasteiger partial charge on any atom is 0.111 e. The Balaban J connectivity index is 2.99. The summed E-state index contributed by atoms with van der Waals surface area (Å²) in [5.41, 5.74) is 0. The number of ether oxygens (including phenoxy) is 1. The second-order valence-corrected chi connectivity index (χ2v) is 8.10. The third kappa shape index (κ3) is 2.78. The summed E-state index contributed by atoms with van der Waals surface area (Å²) < 4.78 is 5.82. The fourth-order valence-corrected chi connectivity index (χ4v) is 4.37. The monoisotopic (exact) mass is 277 g/mol. The Bertz CT molecular complexity index is 261. The van der Waals surface area contributed by atoms with Gasteiger partial charge >= 0.3 is 0 Å². The zero-order valence-corrected chi connectivity index (χ0v) is 12.3. The van der Waals surface area contributed by atoms with Gasteiger partial charge < -0.3 is 25.2 Å². The van der Waals surface area contributed by atoms with Crippen LogP contribution < -0.4 is 0 Å². The highest BCUT2D eigenvalue weighted by atomic mass is 28.3. The van der Waals surface area contributed by atoms with Crippen LogP contribution in [0.4, 0.5) is 0 Å². The van der Waals surface area contributed by atoms with Crippen LogP contribution in [-0.4, -0.2) is 65.5 Å². The van der Waals surface area contributed by atoms with Crippen molar-refractivity contribution in [2.75, 3.05) is 6.61 Å². The fourth-order valence-electron chi connectivity index (χ4n) is 2.55. The van der Waals surface area contributed by atoms with Gasteiger partial charge in [-0.3, -0.25) is 0 Å². The van der Waals surface area contributed by atoms with E-state index in [-0.39, 0.29) is 6.61 Å². The van der Waals surface area contributed by atoms with E-state index in [1.54, 1.807) is 0 Å². The summed E-state index contributed by atoms with van der Waals surface area (Å²) in [6.07, 6.45) is -1.91. The minimum Gasteiger partial charge on any atom is -0.394 e. The number of aliphatic hydroxyl groups excluding tert-OH is 4. The molecule has 4 N–H and O–H groups in total. The lowest BCUT2D eigenvalue weighted by Crippen LogP contribution is -2.69. The molecule has 1 aliphatic heterocycles. The predicted octanol–water partition coefficient (Wildman–Crippen LogP) is -0.317. The van der Waals surface area contributed by atoms with Crippen molar-refractivity contribution in [1.29, 1.82) is 0 Å². The molecule has 1 saturated heterocycles. The third-order valence-corrected chi connectivity index (χ3v) is 6.18. The van der Waals surface area contributed by atoms with Gasteiger partial charge in [-0.15, -0.1) is 0 Å². The highest BCUT2D eigenvalue weighted by Crippen LogP contribution is 2.36. The second-order valence-electron chi connectivity index (χ2n) is 5.26. The quantitative estimate of drug-likeness (QED) is 0.517. The molecular formula is C12H25O5Si. The molecule has 6 heteroatoms. The number of aliphatic hydroxyl groups is 4. The van der Waals surface area contributed by atoms with Crippen LogP contribution in [0.3, 0.4) is 0 Å². The Kier molecular flexibility index (Phi) is 5.76. The fraction of sp³-hybridized carbons (Fsp3) is 1.00. The summed E-state index contributed by atoms with van der Waals surface area (Å²) in [6, 6.07) is 0. The summed E-state index contributed by atoms with van der Waals surface area (Å²) in [4.78, 5) is 0. The number of unbranched alkanes of at least 4 members (excludes halogenated alkanes) is 1. The molecule has 1 unspecified atom stereocenters. The molecule has 0 aromatic heterocycles. The van der Waals surface area contributed by atoms with Crippen molar-refractivity contribution >= 4 is 8.80 Å². The van der Waals surface area contributed by atoms with Gasteiger partial charge in [-0.2, -0.15) is 0 Å². The zero-order valence-electron chi connectivity index (χ0n) is 11.3. The first-order chi connectivity index (χ1) is 8.40. The van der Waals surface area contributed by atoms with Crippen LogP contribution >= 0.6 is 0 Å². The first-order valence-corrected chi connectivity index (χ1v) is 9.04. The molecule has 1 rings (SSSR count). The summed E-state index contributed by atoms with van der Waals surface area (Å²) in [6.45, 7) is 5.73. The number of hydrogen-bond donors (Lipinski definition) is 4. The molecule has 0 amide bonds. The minimum atomic E-state index is -1.26. The van der Waals surface area contributed by atoms with Gasteiger partial charge in [0.25, 0.3) is 0 Å².